The van der Waals surface area contributed by atoms with E-state index in [4.69, 9.17) is 0 Å². The van der Waals surface area contributed by atoms with E-state index >= 15 is 0 Å². The molecule has 0 aliphatic rings. The molecule has 0 amide bonds. The first-order chi connectivity index (χ1) is 6.85. The third-order valence-corrected chi connectivity index (χ3v) is 1.38. The van der Waals surface area contributed by atoms with Gasteiger partial charge in [0.25, 0.3) is 0 Å². The summed E-state index contributed by atoms with van der Waals surface area (Å²) in [6, 6.07) is 10.6. The zero-order valence-electron chi connectivity index (χ0n) is 9.66. The Labute approximate surface area is 88.6 Å². The maximum atomic E-state index is 4.50. The highest BCUT2D eigenvalue weighted by molar-refractivity contribution is 5.14. The Kier molecular flexibility index (Phi) is 15.9. The molecule has 0 saturated carbocycles. The van der Waals surface area contributed by atoms with Crippen LogP contribution in [0.2, 0.25) is 0 Å². The van der Waals surface area contributed by atoms with Crippen molar-refractivity contribution in [1.82, 2.24) is 0 Å². The molecule has 0 bridgehead atoms. The van der Waals surface area contributed by atoms with Crippen LogP contribution >= 0.6 is 0 Å². The summed E-state index contributed by atoms with van der Waals surface area (Å²) in [5, 5.41) is 0. The fraction of sp³-hybridized carbons (Fsp3) is 0.385. The lowest BCUT2D eigenvalue weighted by Crippen LogP contribution is -1.78. The van der Waals surface area contributed by atoms with Crippen molar-refractivity contribution in [2.24, 2.45) is 5.73 Å². The predicted octanol–water partition coefficient (Wildman–Crippen LogP) is 3.41. The van der Waals surface area contributed by atoms with E-state index < -0.39 is 0 Å². The summed E-state index contributed by atoms with van der Waals surface area (Å²) in [4.78, 5) is 0. The molecule has 0 unspecified atom stereocenters. The van der Waals surface area contributed by atoms with E-state index in [2.05, 4.69) is 49.6 Å². The van der Waals surface area contributed by atoms with Crippen molar-refractivity contribution in [1.29, 1.82) is 0 Å². The van der Waals surface area contributed by atoms with Crippen molar-refractivity contribution in [3.63, 3.8) is 0 Å². The van der Waals surface area contributed by atoms with Crippen LogP contribution in [-0.2, 0) is 6.42 Å². The van der Waals surface area contributed by atoms with Crippen LogP contribution < -0.4 is 5.73 Å². The van der Waals surface area contributed by atoms with Gasteiger partial charge in [0.15, 0.2) is 0 Å². The molecule has 0 aliphatic carbocycles. The van der Waals surface area contributed by atoms with Gasteiger partial charge in [-0.2, -0.15) is 0 Å². The van der Waals surface area contributed by atoms with Gasteiger partial charge in [-0.15, -0.1) is 6.58 Å². The van der Waals surface area contributed by atoms with Gasteiger partial charge in [-0.3, -0.25) is 0 Å². The quantitative estimate of drug-likeness (QED) is 0.716. The van der Waals surface area contributed by atoms with E-state index in [1.54, 1.807) is 6.08 Å². The number of hydrogen-bond donors (Lipinski definition) is 1. The van der Waals surface area contributed by atoms with Crippen LogP contribution in [0.3, 0.4) is 0 Å². The van der Waals surface area contributed by atoms with Gasteiger partial charge >= 0.3 is 0 Å². The van der Waals surface area contributed by atoms with Gasteiger partial charge in [0, 0.05) is 0 Å². The molecule has 1 nitrogen and oxygen atoms in total. The number of rotatable bonds is 2. The SMILES string of the molecule is C=CC.CCCc1ccccc1.CN. The Balaban J connectivity index is 0. The second-order valence-electron chi connectivity index (χ2n) is 2.64. The summed E-state index contributed by atoms with van der Waals surface area (Å²) in [5.74, 6) is 0. The minimum absolute atomic E-state index is 1.21. The van der Waals surface area contributed by atoms with E-state index in [0.717, 1.165) is 0 Å². The largest absolute Gasteiger partial charge is 0.333 e. The molecule has 0 spiro atoms. The summed E-state index contributed by atoms with van der Waals surface area (Å²) >= 11 is 0. The van der Waals surface area contributed by atoms with Crippen molar-refractivity contribution in [3.8, 4) is 0 Å². The molecule has 0 radical (unpaired) electrons. The van der Waals surface area contributed by atoms with Gasteiger partial charge in [0.2, 0.25) is 0 Å². The number of allylic oxidation sites excluding steroid dienone is 1. The van der Waals surface area contributed by atoms with Crippen LogP contribution in [0.4, 0.5) is 0 Å². The Bertz CT molecular complexity index is 192. The van der Waals surface area contributed by atoms with E-state index in [9.17, 15) is 0 Å². The van der Waals surface area contributed by atoms with Crippen LogP contribution in [0.25, 0.3) is 0 Å². The minimum Gasteiger partial charge on any atom is -0.333 e. The van der Waals surface area contributed by atoms with Crippen molar-refractivity contribution >= 4 is 0 Å². The van der Waals surface area contributed by atoms with Crippen LogP contribution in [0.1, 0.15) is 25.8 Å². The topological polar surface area (TPSA) is 26.0 Å². The summed E-state index contributed by atoms with van der Waals surface area (Å²) in [6.45, 7) is 7.45. The molecule has 0 atom stereocenters. The number of aryl methyl sites for hydroxylation is 1. The van der Waals surface area contributed by atoms with Gasteiger partial charge in [-0.05, 0) is 26.0 Å². The maximum Gasteiger partial charge on any atom is -0.0195 e. The van der Waals surface area contributed by atoms with Gasteiger partial charge in [0.05, 0.1) is 0 Å². The Hall–Kier alpha value is -1.08. The van der Waals surface area contributed by atoms with Crippen molar-refractivity contribution in [2.75, 3.05) is 7.05 Å². The lowest BCUT2D eigenvalue weighted by molar-refractivity contribution is 0.922. The van der Waals surface area contributed by atoms with Crippen LogP contribution in [-0.4, -0.2) is 7.05 Å². The molecule has 14 heavy (non-hydrogen) atoms. The van der Waals surface area contributed by atoms with Crippen molar-refractivity contribution in [3.05, 3.63) is 48.6 Å². The normalized spacial score (nSPS) is 7.43. The maximum absolute atomic E-state index is 4.50. The number of hydrogen-bond acceptors (Lipinski definition) is 1. The molecule has 0 heterocycles. The number of benzene rings is 1. The Morgan fingerprint density at radius 2 is 1.64 bits per heavy atom. The molecule has 1 rings (SSSR count). The highest BCUT2D eigenvalue weighted by Crippen LogP contribution is 2.00. The van der Waals surface area contributed by atoms with Gasteiger partial charge < -0.3 is 5.73 Å². The molecular formula is C13H23N. The first-order valence-electron chi connectivity index (χ1n) is 5.03. The third-order valence-electron chi connectivity index (χ3n) is 1.38. The van der Waals surface area contributed by atoms with Crippen LogP contribution in [0, 0.1) is 0 Å². The van der Waals surface area contributed by atoms with Crippen LogP contribution in [0.5, 0.6) is 0 Å². The smallest absolute Gasteiger partial charge is 0.0195 e. The summed E-state index contributed by atoms with van der Waals surface area (Å²) < 4.78 is 0. The summed E-state index contributed by atoms with van der Waals surface area (Å²) in [6.07, 6.45) is 4.20. The van der Waals surface area contributed by atoms with E-state index in [1.807, 2.05) is 6.92 Å². The van der Waals surface area contributed by atoms with Gasteiger partial charge in [0.1, 0.15) is 0 Å². The van der Waals surface area contributed by atoms with Crippen molar-refractivity contribution in [2.45, 2.75) is 26.7 Å². The fourth-order valence-corrected chi connectivity index (χ4v) is 0.933. The van der Waals surface area contributed by atoms with Crippen molar-refractivity contribution < 1.29 is 0 Å². The average molecular weight is 193 g/mol. The zero-order valence-corrected chi connectivity index (χ0v) is 9.66. The Morgan fingerprint density at radius 3 is 2.00 bits per heavy atom. The molecule has 0 aromatic heterocycles. The molecule has 80 valence electrons. The lowest BCUT2D eigenvalue weighted by atomic mass is 10.1. The standard InChI is InChI=1S/C9H12.C3H6.CH5N/c1-2-6-9-7-4-3-5-8-9;1-3-2;1-2/h3-5,7-8H,2,6H2,1H3;3H,1H2,2H3;2H2,1H3. The van der Waals surface area contributed by atoms with Gasteiger partial charge in [-0.1, -0.05) is 49.8 Å². The minimum atomic E-state index is 1.21. The molecule has 2 N–H and O–H groups in total. The second-order valence-corrected chi connectivity index (χ2v) is 2.64. The molecular weight excluding hydrogens is 170 g/mol. The average Bonchev–Trinajstić information content (AvgIpc) is 2.24. The van der Waals surface area contributed by atoms with E-state index in [0.29, 0.717) is 0 Å². The molecule has 1 aromatic carbocycles. The van der Waals surface area contributed by atoms with E-state index in [1.165, 1.54) is 25.5 Å². The number of nitrogens with two attached hydrogens (primary N) is 1. The van der Waals surface area contributed by atoms with E-state index in [-0.39, 0.29) is 0 Å². The first-order valence-corrected chi connectivity index (χ1v) is 5.03. The summed E-state index contributed by atoms with van der Waals surface area (Å²) in [5.41, 5.74) is 5.94. The highest BCUT2D eigenvalue weighted by Gasteiger charge is 1.84. The second kappa shape index (κ2) is 14.4. The monoisotopic (exact) mass is 193 g/mol. The highest BCUT2D eigenvalue weighted by atomic mass is 14.4. The molecule has 1 heteroatoms. The molecule has 1 aromatic rings. The first kappa shape index (κ1) is 15.4. The Morgan fingerprint density at radius 1 is 1.21 bits per heavy atom. The summed E-state index contributed by atoms with van der Waals surface area (Å²) in [7, 11) is 1.50. The lowest BCUT2D eigenvalue weighted by Gasteiger charge is -1.93. The van der Waals surface area contributed by atoms with Gasteiger partial charge in [-0.25, -0.2) is 0 Å². The zero-order chi connectivity index (χ0) is 11.2. The molecule has 0 aliphatic heterocycles. The predicted molar refractivity (Wildman–Crippen MR) is 66.4 cm³/mol. The molecule has 0 saturated heterocycles. The molecule has 0 fully saturated rings. The fourth-order valence-electron chi connectivity index (χ4n) is 0.933. The van der Waals surface area contributed by atoms with Crippen LogP contribution in [0.15, 0.2) is 43.0 Å². The third kappa shape index (κ3) is 10.9.